The number of esters is 1. The van der Waals surface area contributed by atoms with E-state index in [1.54, 1.807) is 12.1 Å². The summed E-state index contributed by atoms with van der Waals surface area (Å²) in [6, 6.07) is 0.895. The number of thioether (sulfide) groups is 1. The Morgan fingerprint density at radius 1 is 1.02 bits per heavy atom. The summed E-state index contributed by atoms with van der Waals surface area (Å²) in [4.78, 5) is 65.8. The van der Waals surface area contributed by atoms with Crippen molar-refractivity contribution in [3.05, 3.63) is 28.8 Å². The highest BCUT2D eigenvalue weighted by molar-refractivity contribution is 7.98. The molecule has 14 heteroatoms. The van der Waals surface area contributed by atoms with E-state index in [9.17, 15) is 29.1 Å². The molecule has 1 fully saturated rings. The van der Waals surface area contributed by atoms with Gasteiger partial charge in [-0.2, -0.15) is 11.8 Å². The van der Waals surface area contributed by atoms with Crippen LogP contribution in [0.25, 0.3) is 0 Å². The largest absolute Gasteiger partial charge is 0.508 e. The van der Waals surface area contributed by atoms with Crippen LogP contribution in [0.5, 0.6) is 5.75 Å². The summed E-state index contributed by atoms with van der Waals surface area (Å²) in [5.74, 6) is -1.16. The Bertz CT molecular complexity index is 1210. The minimum Gasteiger partial charge on any atom is -0.508 e. The third-order valence-electron chi connectivity index (χ3n) is 9.11. The molecule has 6 N–H and O–H groups in total. The average Bonchev–Trinajstić information content (AvgIpc) is 3.05. The fourth-order valence-corrected chi connectivity index (χ4v) is 6.71. The number of phenolic OH excluding ortho intramolecular Hbond substituents is 1. The first-order valence-electron chi connectivity index (χ1n) is 17.1. The predicted molar refractivity (Wildman–Crippen MR) is 196 cm³/mol. The number of nitrogens with one attached hydrogen (secondary N) is 3. The number of benzene rings is 1. The number of nitrogens with zero attached hydrogens (tertiary/aromatic N) is 1. The van der Waals surface area contributed by atoms with Crippen molar-refractivity contribution >= 4 is 53.8 Å². The van der Waals surface area contributed by atoms with E-state index in [0.717, 1.165) is 55.2 Å². The fourth-order valence-electron chi connectivity index (χ4n) is 6.23. The highest BCUT2D eigenvalue weighted by Crippen LogP contribution is 2.28. The van der Waals surface area contributed by atoms with Gasteiger partial charge in [0.15, 0.2) is 0 Å². The second-order valence-corrected chi connectivity index (χ2v) is 14.0. The number of aromatic hydroxyl groups is 1. The lowest BCUT2D eigenvalue weighted by Gasteiger charge is -2.31. The van der Waals surface area contributed by atoms with Crippen molar-refractivity contribution in [2.45, 2.75) is 109 Å². The summed E-state index contributed by atoms with van der Waals surface area (Å²) < 4.78 is 4.70. The molecule has 49 heavy (non-hydrogen) atoms. The van der Waals surface area contributed by atoms with Crippen molar-refractivity contribution in [2.24, 2.45) is 11.7 Å². The lowest BCUT2D eigenvalue weighted by Crippen LogP contribution is -2.54. The molecule has 0 aromatic heterocycles. The van der Waals surface area contributed by atoms with E-state index >= 15 is 0 Å². The Kier molecular flexibility index (Phi) is 21.2. The van der Waals surface area contributed by atoms with E-state index in [4.69, 9.17) is 10.5 Å². The number of nitrogens with two attached hydrogens (primary N) is 1. The van der Waals surface area contributed by atoms with Gasteiger partial charge in [0.25, 0.3) is 0 Å². The third-order valence-corrected chi connectivity index (χ3v) is 9.75. The van der Waals surface area contributed by atoms with Gasteiger partial charge in [-0.3, -0.25) is 34.2 Å². The van der Waals surface area contributed by atoms with E-state index in [0.29, 0.717) is 43.9 Å². The molecule has 1 saturated carbocycles. The number of hydrogen-bond donors (Lipinski definition) is 5. The molecule has 4 amide bonds. The molecule has 0 radical (unpaired) electrons. The fraction of sp³-hybridized carbons (Fsp3) is 0.686. The van der Waals surface area contributed by atoms with Gasteiger partial charge in [0, 0.05) is 6.42 Å². The molecule has 1 aliphatic rings. The molecule has 278 valence electrons. The summed E-state index contributed by atoms with van der Waals surface area (Å²) in [7, 11) is 3.26. The Morgan fingerprint density at radius 3 is 2.29 bits per heavy atom. The number of likely N-dealkylation sites (N-methyl/N-ethyl adjacent to an activating group) is 1. The van der Waals surface area contributed by atoms with Crippen LogP contribution >= 0.6 is 24.2 Å². The number of unbranched alkanes of at least 4 members (excludes halogenated alkanes) is 2. The van der Waals surface area contributed by atoms with Crippen LogP contribution in [-0.2, 0) is 35.1 Å². The third kappa shape index (κ3) is 16.1. The second kappa shape index (κ2) is 23.5. The van der Waals surface area contributed by atoms with Crippen molar-refractivity contribution in [1.29, 1.82) is 0 Å². The summed E-state index contributed by atoms with van der Waals surface area (Å²) in [5.41, 5.74) is 8.71. The number of carbonyl (C=O) groups excluding carboxylic acids is 5. The maximum Gasteiger partial charge on any atom is 0.305 e. The van der Waals surface area contributed by atoms with Crippen LogP contribution in [0, 0.1) is 19.8 Å². The lowest BCUT2D eigenvalue weighted by atomic mass is 9.84. The summed E-state index contributed by atoms with van der Waals surface area (Å²) in [6.07, 6.45) is 11.4. The normalized spacial score (nSPS) is 15.0. The number of ether oxygens (including phenoxy) is 1. The van der Waals surface area contributed by atoms with Crippen molar-refractivity contribution in [2.75, 3.05) is 39.3 Å². The summed E-state index contributed by atoms with van der Waals surface area (Å²) in [5, 5.41) is 17.6. The van der Waals surface area contributed by atoms with Crippen LogP contribution in [0.3, 0.4) is 0 Å². The second-order valence-electron chi connectivity index (χ2n) is 13.0. The molecule has 0 saturated heterocycles. The molecule has 1 aromatic rings. The highest BCUT2D eigenvalue weighted by atomic mass is 35.5. The van der Waals surface area contributed by atoms with E-state index in [1.165, 1.54) is 25.3 Å². The molecule has 1 aromatic carbocycles. The van der Waals surface area contributed by atoms with Crippen LogP contribution in [0.1, 0.15) is 87.3 Å². The zero-order chi connectivity index (χ0) is 35.6. The Balaban J connectivity index is 0.0000120. The van der Waals surface area contributed by atoms with Crippen LogP contribution in [-0.4, -0.2) is 97.0 Å². The Hall–Kier alpha value is -2.87. The van der Waals surface area contributed by atoms with Gasteiger partial charge in [0.1, 0.15) is 11.8 Å². The molecule has 2 rings (SSSR count). The van der Waals surface area contributed by atoms with E-state index in [2.05, 4.69) is 16.0 Å². The van der Waals surface area contributed by atoms with Crippen molar-refractivity contribution < 1.29 is 33.8 Å². The number of methoxy groups -OCH3 is 1. The molecular formula is C35H58ClN5O7S. The van der Waals surface area contributed by atoms with Crippen LogP contribution in [0.15, 0.2) is 12.1 Å². The van der Waals surface area contributed by atoms with E-state index in [-0.39, 0.29) is 30.5 Å². The number of hydrogen-bond acceptors (Lipinski definition) is 10. The average molecular weight is 728 g/mol. The quantitative estimate of drug-likeness (QED) is 0.0988. The first-order valence-corrected chi connectivity index (χ1v) is 18.5. The number of halogens is 1. The molecule has 0 heterocycles. The maximum absolute atomic E-state index is 13.4. The van der Waals surface area contributed by atoms with Crippen LogP contribution in [0.2, 0.25) is 0 Å². The molecule has 12 nitrogen and oxygen atoms in total. The van der Waals surface area contributed by atoms with E-state index < -0.39 is 48.3 Å². The minimum atomic E-state index is -0.927. The topological polar surface area (TPSA) is 180 Å². The van der Waals surface area contributed by atoms with Gasteiger partial charge in [-0.05, 0) is 106 Å². The molecule has 1 aliphatic carbocycles. The van der Waals surface area contributed by atoms with Gasteiger partial charge in [0.05, 0.1) is 25.7 Å². The first kappa shape index (κ1) is 44.2. The van der Waals surface area contributed by atoms with Gasteiger partial charge >= 0.3 is 5.97 Å². The maximum atomic E-state index is 13.4. The number of rotatable bonds is 20. The monoisotopic (exact) mass is 727 g/mol. The first-order chi connectivity index (χ1) is 22.9. The SMILES string of the molecule is COC(=O)CCCCCN(C)[C@@H](CC1CCCCC1)C(=O)NC(=O)CNC(=O)[C@@H](CCSC)NC(=O)[C@H](N)Cc1c(C)cc(O)cc1C.Cl. The van der Waals surface area contributed by atoms with Crippen molar-refractivity contribution in [3.63, 3.8) is 0 Å². The zero-order valence-electron chi connectivity index (χ0n) is 29.8. The number of amides is 4. The molecule has 3 atom stereocenters. The van der Waals surface area contributed by atoms with Gasteiger partial charge in [-0.1, -0.05) is 38.5 Å². The highest BCUT2D eigenvalue weighted by Gasteiger charge is 2.29. The van der Waals surface area contributed by atoms with Gasteiger partial charge in [-0.25, -0.2) is 0 Å². The number of carbonyl (C=O) groups is 5. The number of aryl methyl sites for hydroxylation is 2. The summed E-state index contributed by atoms with van der Waals surface area (Å²) in [6.45, 7) is 3.90. The number of imide groups is 1. The zero-order valence-corrected chi connectivity index (χ0v) is 31.4. The molecule has 0 unspecified atom stereocenters. The number of phenols is 1. The van der Waals surface area contributed by atoms with Crippen molar-refractivity contribution in [3.8, 4) is 5.75 Å². The molecule has 0 aliphatic heterocycles. The Labute approximate surface area is 302 Å². The molecule has 0 bridgehead atoms. The van der Waals surface area contributed by atoms with Gasteiger partial charge in [0.2, 0.25) is 23.6 Å². The minimum absolute atomic E-state index is 0. The smallest absolute Gasteiger partial charge is 0.305 e. The van der Waals surface area contributed by atoms with Gasteiger partial charge in [-0.15, -0.1) is 12.4 Å². The molecule has 0 spiro atoms. The Morgan fingerprint density at radius 2 is 1.67 bits per heavy atom. The van der Waals surface area contributed by atoms with Crippen molar-refractivity contribution in [1.82, 2.24) is 20.9 Å². The molecular weight excluding hydrogens is 670 g/mol. The lowest BCUT2D eigenvalue weighted by molar-refractivity contribution is -0.140. The van der Waals surface area contributed by atoms with E-state index in [1.807, 2.05) is 32.1 Å². The standard InChI is InChI=1S/C35H57N5O7S.ClH/c1-23-18-26(41)19-24(2)27(23)21-28(36)33(44)38-29(15-17-48-5)34(45)37-22-31(42)39-35(46)30(20-25-12-8-6-9-13-25)40(3)16-11-7-10-14-32(43)47-4;/h18-19,25,28-30,41H,6-17,20-22,36H2,1-5H3,(H,37,45)(H,38,44)(H,39,42,46);1H/t28-,29-,30+;/m1./s1. The van der Waals surface area contributed by atoms with Crippen LogP contribution in [0.4, 0.5) is 0 Å². The predicted octanol–water partition coefficient (Wildman–Crippen LogP) is 3.30. The van der Waals surface area contributed by atoms with Crippen LogP contribution < -0.4 is 21.7 Å². The summed E-state index contributed by atoms with van der Waals surface area (Å²) >= 11 is 1.52. The van der Waals surface area contributed by atoms with Gasteiger partial charge < -0.3 is 26.2 Å².